The molecule has 84 valence electrons. The van der Waals surface area contributed by atoms with Gasteiger partial charge in [0.2, 0.25) is 0 Å². The van der Waals surface area contributed by atoms with Crippen LogP contribution < -0.4 is 0 Å². The van der Waals surface area contributed by atoms with Crippen molar-refractivity contribution in [3.05, 3.63) is 12.2 Å². The van der Waals surface area contributed by atoms with E-state index < -0.39 is 5.97 Å². The molecule has 0 aromatic carbocycles. The maximum Gasteiger partial charge on any atom is 0.300 e. The Labute approximate surface area is 86.5 Å². The number of rotatable bonds is 6. The van der Waals surface area contributed by atoms with Crippen LogP contribution >= 0.6 is 0 Å². The molecule has 2 N–H and O–H groups in total. The van der Waals surface area contributed by atoms with Crippen molar-refractivity contribution in [3.63, 3.8) is 0 Å². The summed E-state index contributed by atoms with van der Waals surface area (Å²) in [5.74, 6) is -0.833. The summed E-state index contributed by atoms with van der Waals surface area (Å²) in [6, 6.07) is 0. The topological polar surface area (TPSA) is 57.5 Å². The van der Waals surface area contributed by atoms with Crippen molar-refractivity contribution in [3.8, 4) is 0 Å². The van der Waals surface area contributed by atoms with Gasteiger partial charge in [-0.25, -0.2) is 0 Å². The van der Waals surface area contributed by atoms with Gasteiger partial charge in [-0.1, -0.05) is 38.3 Å². The third-order valence-electron chi connectivity index (χ3n) is 1.50. The van der Waals surface area contributed by atoms with Crippen molar-refractivity contribution >= 4 is 5.97 Å². The lowest BCUT2D eigenvalue weighted by atomic mass is 10.1. The zero-order valence-corrected chi connectivity index (χ0v) is 9.20. The summed E-state index contributed by atoms with van der Waals surface area (Å²) in [6.07, 6.45) is 10.2. The number of aliphatic hydroxyl groups is 1. The maximum absolute atomic E-state index is 9.00. The molecule has 0 heterocycles. The first-order chi connectivity index (χ1) is 6.65. The van der Waals surface area contributed by atoms with Crippen LogP contribution in [0, 0.1) is 0 Å². The van der Waals surface area contributed by atoms with Crippen LogP contribution in [0.15, 0.2) is 12.2 Å². The fourth-order valence-corrected chi connectivity index (χ4v) is 0.881. The smallest absolute Gasteiger partial charge is 0.300 e. The third-order valence-corrected chi connectivity index (χ3v) is 1.50. The maximum atomic E-state index is 9.00. The minimum atomic E-state index is -0.833. The van der Waals surface area contributed by atoms with Crippen molar-refractivity contribution in [2.75, 3.05) is 6.61 Å². The molecule has 0 atom stereocenters. The van der Waals surface area contributed by atoms with Gasteiger partial charge < -0.3 is 10.2 Å². The van der Waals surface area contributed by atoms with Gasteiger partial charge in [0, 0.05) is 6.92 Å². The van der Waals surface area contributed by atoms with Gasteiger partial charge in [0.25, 0.3) is 5.97 Å². The molecule has 0 amide bonds. The molecule has 0 aliphatic heterocycles. The molecule has 0 aliphatic rings. The monoisotopic (exact) mass is 202 g/mol. The number of allylic oxidation sites excluding steroid dienone is 1. The zero-order chi connectivity index (χ0) is 11.2. The number of hydrogen-bond acceptors (Lipinski definition) is 2. The normalized spacial score (nSPS) is 9.64. The molecule has 0 spiro atoms. The molecular weight excluding hydrogens is 180 g/mol. The Morgan fingerprint density at radius 2 is 1.79 bits per heavy atom. The van der Waals surface area contributed by atoms with Crippen LogP contribution in [0.2, 0.25) is 0 Å². The number of carbonyl (C=O) groups is 1. The van der Waals surface area contributed by atoms with Crippen LogP contribution in [-0.4, -0.2) is 22.8 Å². The van der Waals surface area contributed by atoms with E-state index in [2.05, 4.69) is 13.0 Å². The number of hydrogen-bond donors (Lipinski definition) is 2. The lowest BCUT2D eigenvalue weighted by molar-refractivity contribution is -0.134. The molecule has 14 heavy (non-hydrogen) atoms. The van der Waals surface area contributed by atoms with Crippen LogP contribution in [-0.2, 0) is 4.79 Å². The summed E-state index contributed by atoms with van der Waals surface area (Å²) in [6.45, 7) is 3.48. The molecule has 3 heteroatoms. The van der Waals surface area contributed by atoms with Crippen molar-refractivity contribution < 1.29 is 15.0 Å². The molecule has 3 nitrogen and oxygen atoms in total. The van der Waals surface area contributed by atoms with Gasteiger partial charge in [-0.15, -0.1) is 0 Å². The molecule has 0 saturated heterocycles. The van der Waals surface area contributed by atoms with Crippen LogP contribution in [0.25, 0.3) is 0 Å². The van der Waals surface area contributed by atoms with Crippen molar-refractivity contribution in [2.45, 2.75) is 46.0 Å². The second-order valence-corrected chi connectivity index (χ2v) is 3.02. The molecule has 0 fully saturated rings. The summed E-state index contributed by atoms with van der Waals surface area (Å²) in [4.78, 5) is 9.00. The van der Waals surface area contributed by atoms with Gasteiger partial charge in [-0.2, -0.15) is 0 Å². The van der Waals surface area contributed by atoms with E-state index in [0.29, 0.717) is 0 Å². The van der Waals surface area contributed by atoms with E-state index in [9.17, 15) is 0 Å². The van der Waals surface area contributed by atoms with E-state index in [0.717, 1.165) is 13.3 Å². The Morgan fingerprint density at radius 1 is 1.21 bits per heavy atom. The minimum absolute atomic E-state index is 0.188. The molecule has 0 aromatic rings. The average Bonchev–Trinajstić information content (AvgIpc) is 2.10. The summed E-state index contributed by atoms with van der Waals surface area (Å²) in [5.41, 5.74) is 0. The summed E-state index contributed by atoms with van der Waals surface area (Å²) in [5, 5.41) is 15.8. The third kappa shape index (κ3) is 30.3. The Hall–Kier alpha value is -0.830. The lowest BCUT2D eigenvalue weighted by Gasteiger charge is -1.92. The molecular formula is C11H22O3. The molecule has 0 aliphatic carbocycles. The Bertz CT molecular complexity index is 137. The van der Waals surface area contributed by atoms with Crippen LogP contribution in [0.3, 0.4) is 0 Å². The highest BCUT2D eigenvalue weighted by Crippen LogP contribution is 2.02. The first kappa shape index (κ1) is 15.6. The van der Waals surface area contributed by atoms with Gasteiger partial charge in [-0.3, -0.25) is 4.79 Å². The average molecular weight is 202 g/mol. The van der Waals surface area contributed by atoms with E-state index in [-0.39, 0.29) is 6.61 Å². The molecule has 0 rings (SSSR count). The highest BCUT2D eigenvalue weighted by atomic mass is 16.4. The molecule has 0 aromatic heterocycles. The van der Waals surface area contributed by atoms with Gasteiger partial charge >= 0.3 is 0 Å². The second kappa shape index (κ2) is 14.7. The van der Waals surface area contributed by atoms with Crippen molar-refractivity contribution in [1.29, 1.82) is 0 Å². The van der Waals surface area contributed by atoms with Crippen LogP contribution in [0.1, 0.15) is 46.0 Å². The summed E-state index contributed by atoms with van der Waals surface area (Å²) < 4.78 is 0. The van der Waals surface area contributed by atoms with Crippen molar-refractivity contribution in [1.82, 2.24) is 0 Å². The van der Waals surface area contributed by atoms with Gasteiger partial charge in [0.05, 0.1) is 6.61 Å². The second-order valence-electron chi connectivity index (χ2n) is 3.02. The predicted octanol–water partition coefficient (Wildman–Crippen LogP) is 2.60. The van der Waals surface area contributed by atoms with E-state index in [1.165, 1.54) is 25.7 Å². The fraction of sp³-hybridized carbons (Fsp3) is 0.727. The van der Waals surface area contributed by atoms with Crippen LogP contribution in [0.5, 0.6) is 0 Å². The van der Waals surface area contributed by atoms with E-state index in [4.69, 9.17) is 15.0 Å². The number of carboxylic acids is 1. The Balaban J connectivity index is 0. The molecule has 0 unspecified atom stereocenters. The predicted molar refractivity (Wildman–Crippen MR) is 58.3 cm³/mol. The first-order valence-corrected chi connectivity index (χ1v) is 5.10. The van der Waals surface area contributed by atoms with E-state index in [1.54, 1.807) is 0 Å². The van der Waals surface area contributed by atoms with Gasteiger partial charge in [0.1, 0.15) is 0 Å². The zero-order valence-electron chi connectivity index (χ0n) is 9.20. The Morgan fingerprint density at radius 3 is 2.21 bits per heavy atom. The number of aliphatic carboxylic acids is 1. The fourth-order valence-electron chi connectivity index (χ4n) is 0.881. The standard InChI is InChI=1S/C9H18O.C2H4O2/c1-2-3-4-5-6-7-8-9-10;1-2(3)4/h7-8,10H,2-6,9H2,1H3;1H3,(H,3,4)/b8-7+;. The summed E-state index contributed by atoms with van der Waals surface area (Å²) in [7, 11) is 0. The van der Waals surface area contributed by atoms with Gasteiger partial charge in [0.15, 0.2) is 0 Å². The van der Waals surface area contributed by atoms with Crippen molar-refractivity contribution in [2.24, 2.45) is 0 Å². The highest BCUT2D eigenvalue weighted by molar-refractivity contribution is 5.62. The first-order valence-electron chi connectivity index (χ1n) is 5.10. The number of unbranched alkanes of at least 4 members (excludes halogenated alkanes) is 4. The quantitative estimate of drug-likeness (QED) is 0.514. The largest absolute Gasteiger partial charge is 0.481 e. The number of carboxylic acid groups (broad SMARTS) is 1. The minimum Gasteiger partial charge on any atom is -0.481 e. The highest BCUT2D eigenvalue weighted by Gasteiger charge is 1.82. The van der Waals surface area contributed by atoms with Crippen LogP contribution in [0.4, 0.5) is 0 Å². The SMILES string of the molecule is CC(=O)O.CCCCCC/C=C/CO. The van der Waals surface area contributed by atoms with E-state index in [1.807, 2.05) is 6.08 Å². The van der Waals surface area contributed by atoms with Gasteiger partial charge in [-0.05, 0) is 12.8 Å². The molecule has 0 radical (unpaired) electrons. The van der Waals surface area contributed by atoms with E-state index >= 15 is 0 Å². The molecule has 0 bridgehead atoms. The number of aliphatic hydroxyl groups excluding tert-OH is 1. The summed E-state index contributed by atoms with van der Waals surface area (Å²) >= 11 is 0. The Kier molecular flexibility index (Phi) is 16.4. The molecule has 0 saturated carbocycles. The lowest BCUT2D eigenvalue weighted by Crippen LogP contribution is -1.78.